The number of hydrogen-bond acceptors (Lipinski definition) is 9. The minimum Gasteiger partial charge on any atom is -0.497 e. The molecule has 0 unspecified atom stereocenters. The van der Waals surface area contributed by atoms with Gasteiger partial charge in [0.05, 0.1) is 26.0 Å². The number of hydrogen-bond donors (Lipinski definition) is 3. The molecule has 4 aromatic rings. The Bertz CT molecular complexity index is 1770. The first kappa shape index (κ1) is 31.7. The van der Waals surface area contributed by atoms with Crippen molar-refractivity contribution in [2.24, 2.45) is 0 Å². The lowest BCUT2D eigenvalue weighted by Crippen LogP contribution is -2.41. The number of methoxy groups -OCH3 is 1. The van der Waals surface area contributed by atoms with Crippen LogP contribution in [0.1, 0.15) is 26.4 Å². The first-order valence-corrected chi connectivity index (χ1v) is 15.6. The van der Waals surface area contributed by atoms with E-state index in [0.717, 1.165) is 0 Å². The number of carboxylic acids is 1. The smallest absolute Gasteiger partial charge is 0.356 e. The van der Waals surface area contributed by atoms with E-state index >= 15 is 0 Å². The van der Waals surface area contributed by atoms with E-state index in [9.17, 15) is 23.1 Å². The van der Waals surface area contributed by atoms with E-state index in [2.05, 4.69) is 20.0 Å². The Morgan fingerprint density at radius 2 is 1.73 bits per heavy atom. The zero-order valence-electron chi connectivity index (χ0n) is 24.7. The number of carboxylic acid groups (broad SMARTS) is 1. The summed E-state index contributed by atoms with van der Waals surface area (Å²) in [4.78, 5) is 26.8. The van der Waals surface area contributed by atoms with Crippen LogP contribution >= 0.6 is 0 Å². The molecule has 0 radical (unpaired) electrons. The monoisotopic (exact) mass is 635 g/mol. The molecule has 3 aromatic carbocycles. The summed E-state index contributed by atoms with van der Waals surface area (Å²) in [5.74, 6) is -1.20. The van der Waals surface area contributed by atoms with Crippen molar-refractivity contribution in [3.05, 3.63) is 89.6 Å². The number of benzene rings is 3. The van der Waals surface area contributed by atoms with E-state index in [1.165, 1.54) is 36.9 Å². The lowest BCUT2D eigenvalue weighted by molar-refractivity contribution is 0.0390. The molecule has 0 saturated carbocycles. The van der Waals surface area contributed by atoms with Crippen LogP contribution in [0, 0.1) is 6.92 Å². The summed E-state index contributed by atoms with van der Waals surface area (Å²) in [5.41, 5.74) is 1.01. The second kappa shape index (κ2) is 13.9. The number of amides is 1. The van der Waals surface area contributed by atoms with Crippen molar-refractivity contribution in [3.63, 3.8) is 0 Å². The van der Waals surface area contributed by atoms with E-state index in [1.54, 1.807) is 54.6 Å². The fourth-order valence-corrected chi connectivity index (χ4v) is 5.89. The lowest BCUT2D eigenvalue weighted by atomic mass is 10.2. The molecule has 0 bridgehead atoms. The summed E-state index contributed by atoms with van der Waals surface area (Å²) in [6.07, 6.45) is 0. The fourth-order valence-electron chi connectivity index (χ4n) is 4.72. The average molecular weight is 636 g/mol. The van der Waals surface area contributed by atoms with Gasteiger partial charge in [-0.25, -0.2) is 17.9 Å². The van der Waals surface area contributed by atoms with Gasteiger partial charge < -0.3 is 24.6 Å². The van der Waals surface area contributed by atoms with E-state index in [0.29, 0.717) is 49.8 Å². The number of morpholine rings is 1. The van der Waals surface area contributed by atoms with Crippen LogP contribution in [0.5, 0.6) is 17.4 Å². The number of nitrogens with one attached hydrogen (secondary N) is 2. The third-order valence-corrected chi connectivity index (χ3v) is 8.63. The largest absolute Gasteiger partial charge is 0.497 e. The maximum absolute atomic E-state index is 13.7. The number of rotatable bonds is 12. The highest BCUT2D eigenvalue weighted by Gasteiger charge is 2.27. The summed E-state index contributed by atoms with van der Waals surface area (Å²) in [6.45, 7) is 4.66. The van der Waals surface area contributed by atoms with Crippen LogP contribution in [0.3, 0.4) is 0 Å². The molecule has 236 valence electrons. The molecule has 14 heteroatoms. The van der Waals surface area contributed by atoms with Gasteiger partial charge in [-0.05, 0) is 61.5 Å². The number of sulfonamides is 1. The zero-order chi connectivity index (χ0) is 32.0. The standard InChI is InChI=1S/C31H33N5O8S/c1-21-28(31(38)39)34-36(24-6-4-3-5-7-24)30(21)44-26-13-10-23(33-29(37)22-8-11-25(42-2)12-9-22)20-27(26)45(40,41)32-14-15-35-16-18-43-19-17-35/h3-13,20,32H,14-19H2,1-2H3,(H,33,37)(H,38,39). The van der Waals surface area contributed by atoms with Crippen molar-refractivity contribution in [2.75, 3.05) is 51.8 Å². The van der Waals surface area contributed by atoms with Crippen LogP contribution in [0.4, 0.5) is 5.69 Å². The van der Waals surface area contributed by atoms with Gasteiger partial charge in [-0.15, -0.1) is 0 Å². The number of para-hydroxylation sites is 1. The van der Waals surface area contributed by atoms with Gasteiger partial charge in [0.25, 0.3) is 5.91 Å². The molecular weight excluding hydrogens is 602 g/mol. The molecule has 1 amide bonds. The van der Waals surface area contributed by atoms with Gasteiger partial charge in [0.2, 0.25) is 15.9 Å². The van der Waals surface area contributed by atoms with E-state index in [-0.39, 0.29) is 40.0 Å². The van der Waals surface area contributed by atoms with Crippen LogP contribution in [0.2, 0.25) is 0 Å². The molecular formula is C31H33N5O8S. The molecule has 3 N–H and O–H groups in total. The molecule has 1 saturated heterocycles. The molecule has 45 heavy (non-hydrogen) atoms. The molecule has 1 aliphatic rings. The molecule has 1 fully saturated rings. The third-order valence-electron chi connectivity index (χ3n) is 7.15. The molecule has 1 aliphatic heterocycles. The summed E-state index contributed by atoms with van der Waals surface area (Å²) in [6, 6.07) is 19.4. The molecule has 1 aromatic heterocycles. The van der Waals surface area contributed by atoms with Gasteiger partial charge in [-0.2, -0.15) is 9.78 Å². The summed E-state index contributed by atoms with van der Waals surface area (Å²) >= 11 is 0. The Kier molecular flexibility index (Phi) is 9.78. The Balaban J connectivity index is 1.49. The zero-order valence-corrected chi connectivity index (χ0v) is 25.5. The van der Waals surface area contributed by atoms with Crippen molar-refractivity contribution >= 4 is 27.6 Å². The third kappa shape index (κ3) is 7.49. The van der Waals surface area contributed by atoms with Crippen LogP contribution in [-0.2, 0) is 14.8 Å². The number of nitrogens with zero attached hydrogens (tertiary/aromatic N) is 3. The van der Waals surface area contributed by atoms with E-state index < -0.39 is 21.9 Å². The van der Waals surface area contributed by atoms with Gasteiger partial charge in [0.1, 0.15) is 16.4 Å². The number of ether oxygens (including phenoxy) is 3. The Morgan fingerprint density at radius 3 is 2.40 bits per heavy atom. The van der Waals surface area contributed by atoms with Crippen molar-refractivity contribution in [1.29, 1.82) is 0 Å². The van der Waals surface area contributed by atoms with Crippen molar-refractivity contribution in [1.82, 2.24) is 19.4 Å². The van der Waals surface area contributed by atoms with Gasteiger partial charge in [0.15, 0.2) is 5.69 Å². The van der Waals surface area contributed by atoms with Gasteiger partial charge in [0, 0.05) is 43.0 Å². The first-order valence-electron chi connectivity index (χ1n) is 14.1. The quantitative estimate of drug-likeness (QED) is 0.210. The summed E-state index contributed by atoms with van der Waals surface area (Å²) in [7, 11) is -2.67. The van der Waals surface area contributed by atoms with Crippen molar-refractivity contribution < 1.29 is 37.3 Å². The normalized spacial score (nSPS) is 13.7. The maximum atomic E-state index is 13.7. The second-order valence-corrected chi connectivity index (χ2v) is 11.9. The molecule has 2 heterocycles. The molecule has 13 nitrogen and oxygen atoms in total. The molecule has 0 aliphatic carbocycles. The Labute approximate surface area is 260 Å². The number of aromatic nitrogens is 2. The van der Waals surface area contributed by atoms with Crippen molar-refractivity contribution in [2.45, 2.75) is 11.8 Å². The summed E-state index contributed by atoms with van der Waals surface area (Å²) in [5, 5.41) is 16.7. The minimum atomic E-state index is -4.19. The number of carbonyl (C=O) groups is 2. The minimum absolute atomic E-state index is 0.0263. The second-order valence-electron chi connectivity index (χ2n) is 10.1. The topological polar surface area (TPSA) is 161 Å². The Hall–Kier alpha value is -4.76. The van der Waals surface area contributed by atoms with Crippen LogP contribution < -0.4 is 19.5 Å². The highest BCUT2D eigenvalue weighted by molar-refractivity contribution is 7.89. The van der Waals surface area contributed by atoms with Crippen LogP contribution in [-0.4, -0.2) is 86.6 Å². The molecule has 0 atom stereocenters. The fraction of sp³-hybridized carbons (Fsp3) is 0.258. The highest BCUT2D eigenvalue weighted by Crippen LogP contribution is 2.35. The van der Waals surface area contributed by atoms with Gasteiger partial charge >= 0.3 is 5.97 Å². The van der Waals surface area contributed by atoms with E-state index in [4.69, 9.17) is 14.2 Å². The number of carbonyl (C=O) groups excluding carboxylic acids is 1. The predicted molar refractivity (Wildman–Crippen MR) is 165 cm³/mol. The summed E-state index contributed by atoms with van der Waals surface area (Å²) < 4.78 is 48.1. The molecule has 0 spiro atoms. The number of anilines is 1. The predicted octanol–water partition coefficient (Wildman–Crippen LogP) is 3.54. The molecule has 5 rings (SSSR count). The van der Waals surface area contributed by atoms with Crippen LogP contribution in [0.15, 0.2) is 77.7 Å². The lowest BCUT2D eigenvalue weighted by Gasteiger charge is -2.26. The van der Waals surface area contributed by atoms with Crippen molar-refractivity contribution in [3.8, 4) is 23.1 Å². The maximum Gasteiger partial charge on any atom is 0.356 e. The van der Waals surface area contributed by atoms with Gasteiger partial charge in [-0.1, -0.05) is 18.2 Å². The first-order chi connectivity index (χ1) is 21.7. The van der Waals surface area contributed by atoms with E-state index in [1.807, 2.05) is 0 Å². The van der Waals surface area contributed by atoms with Crippen LogP contribution in [0.25, 0.3) is 5.69 Å². The van der Waals surface area contributed by atoms with Gasteiger partial charge in [-0.3, -0.25) is 9.69 Å². The number of aromatic carboxylic acids is 1. The average Bonchev–Trinajstić information content (AvgIpc) is 3.38. The Morgan fingerprint density at radius 1 is 1.02 bits per heavy atom. The highest BCUT2D eigenvalue weighted by atomic mass is 32.2. The SMILES string of the molecule is COc1ccc(C(=O)Nc2ccc(Oc3c(C)c(C(=O)O)nn3-c3ccccc3)c(S(=O)(=O)NCCN3CCOCC3)c2)cc1.